The van der Waals surface area contributed by atoms with E-state index in [0.717, 1.165) is 18.0 Å². The predicted molar refractivity (Wildman–Crippen MR) is 60.5 cm³/mol. The number of nitrogens with one attached hydrogen (secondary N) is 1. The lowest BCUT2D eigenvalue weighted by Crippen LogP contribution is -2.26. The summed E-state index contributed by atoms with van der Waals surface area (Å²) in [7, 11) is 0. The molecule has 2 nitrogen and oxygen atoms in total. The van der Waals surface area contributed by atoms with Crippen LogP contribution < -0.4 is 5.32 Å². The number of hydrogen-bond acceptors (Lipinski definition) is 3. The van der Waals surface area contributed by atoms with Gasteiger partial charge in [0.2, 0.25) is 0 Å². The minimum Gasteiger partial charge on any atom is -0.308 e. The second-order valence-electron chi connectivity index (χ2n) is 3.08. The Bertz CT molecular complexity index is 316. The molecule has 1 unspecified atom stereocenters. The summed E-state index contributed by atoms with van der Waals surface area (Å²) in [5, 5.41) is 14.6. The van der Waals surface area contributed by atoms with Crippen LogP contribution in [0.4, 0.5) is 0 Å². The van der Waals surface area contributed by atoms with Gasteiger partial charge in [-0.15, -0.1) is 11.3 Å². The fourth-order valence-corrected chi connectivity index (χ4v) is 2.19. The molecule has 0 amide bonds. The van der Waals surface area contributed by atoms with Crippen LogP contribution in [0.15, 0.2) is 11.4 Å². The Morgan fingerprint density at radius 1 is 1.71 bits per heavy atom. The van der Waals surface area contributed by atoms with E-state index >= 15 is 0 Å². The average Bonchev–Trinajstić information content (AvgIpc) is 2.59. The molecule has 0 aliphatic rings. The smallest absolute Gasteiger partial charge is 0.0638 e. The van der Waals surface area contributed by atoms with Crippen LogP contribution in [0, 0.1) is 11.3 Å². The van der Waals surface area contributed by atoms with Crippen molar-refractivity contribution in [3.8, 4) is 6.07 Å². The molecule has 0 spiro atoms. The molecule has 1 heterocycles. The molecule has 1 N–H and O–H groups in total. The fourth-order valence-electron chi connectivity index (χ4n) is 1.16. The summed E-state index contributed by atoms with van der Waals surface area (Å²) in [5.41, 5.74) is 0. The molecule has 0 bridgehead atoms. The maximum atomic E-state index is 8.56. The van der Waals surface area contributed by atoms with E-state index < -0.39 is 0 Å². The first-order valence-electron chi connectivity index (χ1n) is 4.59. The number of hydrogen-bond donors (Lipinski definition) is 1. The van der Waals surface area contributed by atoms with Crippen LogP contribution >= 0.6 is 22.9 Å². The van der Waals surface area contributed by atoms with Gasteiger partial charge < -0.3 is 5.32 Å². The molecule has 4 heteroatoms. The van der Waals surface area contributed by atoms with Crippen molar-refractivity contribution >= 4 is 22.9 Å². The molecule has 0 saturated carbocycles. The van der Waals surface area contributed by atoms with Crippen molar-refractivity contribution in [3.63, 3.8) is 0 Å². The Hall–Kier alpha value is -0.560. The predicted octanol–water partition coefficient (Wildman–Crippen LogP) is 3.18. The molecule has 0 fully saturated rings. The highest BCUT2D eigenvalue weighted by Crippen LogP contribution is 2.18. The van der Waals surface area contributed by atoms with E-state index in [2.05, 4.69) is 18.3 Å². The Morgan fingerprint density at radius 2 is 2.50 bits per heavy atom. The van der Waals surface area contributed by atoms with Crippen molar-refractivity contribution in [3.05, 3.63) is 21.3 Å². The molecule has 1 aromatic rings. The normalized spacial score (nSPS) is 12.4. The van der Waals surface area contributed by atoms with Crippen LogP contribution in [0.25, 0.3) is 0 Å². The van der Waals surface area contributed by atoms with Gasteiger partial charge in [0.15, 0.2) is 0 Å². The minimum atomic E-state index is 0.292. The van der Waals surface area contributed by atoms with Crippen molar-refractivity contribution in [2.24, 2.45) is 0 Å². The van der Waals surface area contributed by atoms with E-state index in [0.29, 0.717) is 12.5 Å². The second kappa shape index (κ2) is 6.02. The molecule has 14 heavy (non-hydrogen) atoms. The Morgan fingerprint density at radius 3 is 3.00 bits per heavy atom. The lowest BCUT2D eigenvalue weighted by molar-refractivity contribution is 0.507. The van der Waals surface area contributed by atoms with E-state index in [9.17, 15) is 0 Å². The molecular weight excluding hydrogens is 216 g/mol. The molecule has 0 saturated heterocycles. The van der Waals surface area contributed by atoms with Crippen LogP contribution in [0.1, 0.15) is 24.6 Å². The topological polar surface area (TPSA) is 35.8 Å². The number of nitrogens with zero attached hydrogens (tertiary/aromatic N) is 1. The summed E-state index contributed by atoms with van der Waals surface area (Å²) in [6, 6.07) is 4.42. The van der Waals surface area contributed by atoms with Gasteiger partial charge in [0.05, 0.1) is 17.5 Å². The Labute approximate surface area is 93.5 Å². The van der Waals surface area contributed by atoms with Crippen molar-refractivity contribution in [1.29, 1.82) is 5.26 Å². The number of rotatable bonds is 5. The molecule has 1 aromatic heterocycles. The van der Waals surface area contributed by atoms with Crippen LogP contribution in [-0.4, -0.2) is 6.04 Å². The molecule has 76 valence electrons. The van der Waals surface area contributed by atoms with Gasteiger partial charge in [-0.25, -0.2) is 0 Å². The van der Waals surface area contributed by atoms with Gasteiger partial charge in [-0.05, 0) is 12.5 Å². The monoisotopic (exact) mass is 228 g/mol. The zero-order chi connectivity index (χ0) is 10.4. The Kier molecular flexibility index (Phi) is 4.95. The summed E-state index contributed by atoms with van der Waals surface area (Å²) >= 11 is 7.44. The lowest BCUT2D eigenvalue weighted by atomic mass is 10.2. The van der Waals surface area contributed by atoms with Crippen LogP contribution in [-0.2, 0) is 6.54 Å². The van der Waals surface area contributed by atoms with E-state index in [1.807, 2.05) is 11.4 Å². The van der Waals surface area contributed by atoms with Crippen LogP contribution in [0.2, 0.25) is 5.02 Å². The summed E-state index contributed by atoms with van der Waals surface area (Å²) in [6.45, 7) is 2.88. The first-order valence-corrected chi connectivity index (χ1v) is 5.85. The van der Waals surface area contributed by atoms with Crippen molar-refractivity contribution in [2.75, 3.05) is 0 Å². The van der Waals surface area contributed by atoms with Crippen molar-refractivity contribution in [1.82, 2.24) is 5.32 Å². The molecule has 0 aliphatic heterocycles. The van der Waals surface area contributed by atoms with Crippen molar-refractivity contribution < 1.29 is 0 Å². The standard InChI is InChI=1S/C10H13ClN2S/c1-2-9(3-4-12)13-6-10-5-8(11)7-14-10/h5,7,9,13H,2-3,6H2,1H3. The summed E-state index contributed by atoms with van der Waals surface area (Å²) in [5.74, 6) is 0. The van der Waals surface area contributed by atoms with Gasteiger partial charge in [0.1, 0.15) is 0 Å². The van der Waals surface area contributed by atoms with Crippen LogP contribution in [0.5, 0.6) is 0 Å². The third-order valence-corrected chi connectivity index (χ3v) is 3.30. The third kappa shape index (κ3) is 3.67. The first kappa shape index (κ1) is 11.5. The van der Waals surface area contributed by atoms with E-state index in [1.165, 1.54) is 4.88 Å². The van der Waals surface area contributed by atoms with E-state index in [1.54, 1.807) is 11.3 Å². The summed E-state index contributed by atoms with van der Waals surface area (Å²) < 4.78 is 0. The van der Waals surface area contributed by atoms with E-state index in [-0.39, 0.29) is 0 Å². The minimum absolute atomic E-state index is 0.292. The first-order chi connectivity index (χ1) is 6.76. The zero-order valence-corrected chi connectivity index (χ0v) is 9.66. The van der Waals surface area contributed by atoms with Crippen molar-refractivity contribution in [2.45, 2.75) is 32.4 Å². The maximum Gasteiger partial charge on any atom is 0.0638 e. The second-order valence-corrected chi connectivity index (χ2v) is 4.51. The Balaban J connectivity index is 2.36. The molecule has 1 atom stereocenters. The molecule has 1 rings (SSSR count). The van der Waals surface area contributed by atoms with E-state index in [4.69, 9.17) is 16.9 Å². The van der Waals surface area contributed by atoms with Gasteiger partial charge >= 0.3 is 0 Å². The summed E-state index contributed by atoms with van der Waals surface area (Å²) in [4.78, 5) is 1.21. The number of nitriles is 1. The molecule has 0 aliphatic carbocycles. The fraction of sp³-hybridized carbons (Fsp3) is 0.500. The number of thiophene rings is 1. The van der Waals surface area contributed by atoms with Gasteiger partial charge in [-0.3, -0.25) is 0 Å². The highest BCUT2D eigenvalue weighted by Gasteiger charge is 2.05. The maximum absolute atomic E-state index is 8.56. The zero-order valence-electron chi connectivity index (χ0n) is 8.09. The van der Waals surface area contributed by atoms with Gasteiger partial charge in [0.25, 0.3) is 0 Å². The molecular formula is C10H13ClN2S. The highest BCUT2D eigenvalue weighted by atomic mass is 35.5. The quantitative estimate of drug-likeness (QED) is 0.840. The number of halogens is 1. The van der Waals surface area contributed by atoms with Gasteiger partial charge in [0, 0.05) is 22.8 Å². The average molecular weight is 229 g/mol. The van der Waals surface area contributed by atoms with Gasteiger partial charge in [-0.2, -0.15) is 5.26 Å². The SMILES string of the molecule is CCC(CC#N)NCc1cc(Cl)cs1. The third-order valence-electron chi connectivity index (χ3n) is 2.02. The summed E-state index contributed by atoms with van der Waals surface area (Å²) in [6.07, 6.45) is 1.54. The molecule has 0 radical (unpaired) electrons. The lowest BCUT2D eigenvalue weighted by Gasteiger charge is -2.11. The highest BCUT2D eigenvalue weighted by molar-refractivity contribution is 7.10. The van der Waals surface area contributed by atoms with Gasteiger partial charge in [-0.1, -0.05) is 18.5 Å². The largest absolute Gasteiger partial charge is 0.308 e. The van der Waals surface area contributed by atoms with Crippen LogP contribution in [0.3, 0.4) is 0 Å². The molecule has 0 aromatic carbocycles.